The fourth-order valence-corrected chi connectivity index (χ4v) is 3.69. The summed E-state index contributed by atoms with van der Waals surface area (Å²) in [6.45, 7) is 1.82. The normalized spacial score (nSPS) is 14.7. The van der Waals surface area contributed by atoms with Crippen LogP contribution in [0, 0.1) is 0 Å². The molecule has 0 spiro atoms. The van der Waals surface area contributed by atoms with Gasteiger partial charge in [0, 0.05) is 23.1 Å². The zero-order valence-electron chi connectivity index (χ0n) is 12.7. The maximum absolute atomic E-state index is 5.63. The van der Waals surface area contributed by atoms with Crippen LogP contribution in [0.4, 0.5) is 5.69 Å². The summed E-state index contributed by atoms with van der Waals surface area (Å²) in [5.41, 5.74) is 4.08. The van der Waals surface area contributed by atoms with Crippen LogP contribution in [0.5, 0.6) is 17.2 Å². The number of rotatable bonds is 2. The van der Waals surface area contributed by atoms with Crippen LogP contribution >= 0.6 is 11.3 Å². The molecule has 2 aliphatic rings. The van der Waals surface area contributed by atoms with E-state index in [0.717, 1.165) is 51.3 Å². The summed E-state index contributed by atoms with van der Waals surface area (Å²) in [7, 11) is 0. The molecule has 1 aromatic heterocycles. The molecule has 0 saturated heterocycles. The van der Waals surface area contributed by atoms with Crippen LogP contribution in [0.25, 0.3) is 21.8 Å². The third-order valence-corrected chi connectivity index (χ3v) is 4.97. The number of benzene rings is 2. The van der Waals surface area contributed by atoms with E-state index < -0.39 is 0 Å². The Hall–Kier alpha value is -2.73. The van der Waals surface area contributed by atoms with E-state index in [9.17, 15) is 0 Å². The van der Waals surface area contributed by atoms with Crippen molar-refractivity contribution in [2.45, 2.75) is 0 Å². The predicted octanol–water partition coefficient (Wildman–Crippen LogP) is 4.01. The second-order valence-electron chi connectivity index (χ2n) is 5.59. The lowest BCUT2D eigenvalue weighted by Crippen LogP contribution is -2.17. The minimum absolute atomic E-state index is 0.283. The van der Waals surface area contributed by atoms with Gasteiger partial charge in [-0.05, 0) is 36.4 Å². The molecule has 3 aromatic rings. The molecule has 2 aromatic carbocycles. The minimum atomic E-state index is 0.283. The lowest BCUT2D eigenvalue weighted by Gasteiger charge is -2.19. The molecule has 2 aliphatic heterocycles. The van der Waals surface area contributed by atoms with Gasteiger partial charge in [0.2, 0.25) is 6.79 Å². The lowest BCUT2D eigenvalue weighted by molar-refractivity contribution is 0.174. The average Bonchev–Trinajstić information content (AvgIpc) is 3.30. The molecule has 0 fully saturated rings. The van der Waals surface area contributed by atoms with Crippen molar-refractivity contribution in [2.24, 2.45) is 0 Å². The molecule has 0 aliphatic carbocycles. The van der Waals surface area contributed by atoms with Crippen molar-refractivity contribution in [3.63, 3.8) is 0 Å². The highest BCUT2D eigenvalue weighted by atomic mass is 32.1. The Kier molecular flexibility index (Phi) is 3.09. The molecule has 5 nitrogen and oxygen atoms in total. The highest BCUT2D eigenvalue weighted by Gasteiger charge is 2.16. The number of nitrogens with zero attached hydrogens (tertiary/aromatic N) is 1. The highest BCUT2D eigenvalue weighted by molar-refractivity contribution is 7.13. The van der Waals surface area contributed by atoms with E-state index in [1.807, 2.05) is 30.3 Å². The van der Waals surface area contributed by atoms with Crippen LogP contribution < -0.4 is 19.5 Å². The first-order valence-corrected chi connectivity index (χ1v) is 8.61. The summed E-state index contributed by atoms with van der Waals surface area (Å²) in [5, 5.41) is 6.41. The number of fused-ring (bicyclic) bond motifs is 2. The fraction of sp³-hybridized carbons (Fsp3) is 0.167. The van der Waals surface area contributed by atoms with E-state index in [0.29, 0.717) is 6.61 Å². The van der Waals surface area contributed by atoms with Crippen molar-refractivity contribution < 1.29 is 14.2 Å². The van der Waals surface area contributed by atoms with Crippen LogP contribution in [0.15, 0.2) is 41.8 Å². The number of hydrogen-bond acceptors (Lipinski definition) is 6. The molecule has 5 rings (SSSR count). The quantitative estimate of drug-likeness (QED) is 0.765. The van der Waals surface area contributed by atoms with E-state index in [2.05, 4.69) is 16.8 Å². The third-order valence-electron chi connectivity index (χ3n) is 4.07. The molecule has 0 atom stereocenters. The molecule has 24 heavy (non-hydrogen) atoms. The number of aromatic nitrogens is 1. The van der Waals surface area contributed by atoms with Crippen molar-refractivity contribution in [1.82, 2.24) is 4.98 Å². The molecule has 1 N–H and O–H groups in total. The van der Waals surface area contributed by atoms with Gasteiger partial charge in [0.1, 0.15) is 17.4 Å². The van der Waals surface area contributed by atoms with E-state index >= 15 is 0 Å². The number of nitrogens with one attached hydrogen (secondary N) is 1. The van der Waals surface area contributed by atoms with Gasteiger partial charge in [-0.2, -0.15) is 0 Å². The van der Waals surface area contributed by atoms with Gasteiger partial charge in [-0.1, -0.05) is 0 Å². The standard InChI is InChI=1S/C18H14N2O3S/c1-4-16-17(23-10-22-16)8-11(1)14-9-24-18(20-14)12-2-3-15-13(7-12)19-5-6-21-15/h1-4,7-9,19H,5-6,10H2. The molecule has 0 amide bonds. The largest absolute Gasteiger partial charge is 0.490 e. The summed E-state index contributed by atoms with van der Waals surface area (Å²) in [4.78, 5) is 4.78. The summed E-state index contributed by atoms with van der Waals surface area (Å²) in [6, 6.07) is 12.1. The Morgan fingerprint density at radius 2 is 1.79 bits per heavy atom. The molecule has 0 radical (unpaired) electrons. The minimum Gasteiger partial charge on any atom is -0.490 e. The Morgan fingerprint density at radius 1 is 0.917 bits per heavy atom. The fourth-order valence-electron chi connectivity index (χ4n) is 2.87. The van der Waals surface area contributed by atoms with Crippen molar-refractivity contribution >= 4 is 17.0 Å². The second kappa shape index (κ2) is 5.42. The van der Waals surface area contributed by atoms with Crippen LogP contribution in [0.2, 0.25) is 0 Å². The second-order valence-corrected chi connectivity index (χ2v) is 6.45. The zero-order valence-corrected chi connectivity index (χ0v) is 13.6. The average molecular weight is 338 g/mol. The van der Waals surface area contributed by atoms with Gasteiger partial charge in [-0.3, -0.25) is 0 Å². The maximum Gasteiger partial charge on any atom is 0.231 e. The molecule has 0 unspecified atom stereocenters. The summed E-state index contributed by atoms with van der Waals surface area (Å²) >= 11 is 1.63. The Morgan fingerprint density at radius 3 is 2.79 bits per heavy atom. The van der Waals surface area contributed by atoms with E-state index in [1.54, 1.807) is 11.3 Å². The number of hydrogen-bond donors (Lipinski definition) is 1. The van der Waals surface area contributed by atoms with Gasteiger partial charge in [-0.15, -0.1) is 11.3 Å². The number of thiazole rings is 1. The van der Waals surface area contributed by atoms with E-state index in [1.165, 1.54) is 0 Å². The van der Waals surface area contributed by atoms with Gasteiger partial charge in [0.15, 0.2) is 11.5 Å². The Labute approximate surface area is 142 Å². The van der Waals surface area contributed by atoms with E-state index in [4.69, 9.17) is 19.2 Å². The molecule has 3 heterocycles. The van der Waals surface area contributed by atoms with Gasteiger partial charge >= 0.3 is 0 Å². The first-order valence-electron chi connectivity index (χ1n) is 7.73. The molecular formula is C18H14N2O3S. The summed E-state index contributed by atoms with van der Waals surface area (Å²) in [5.74, 6) is 2.46. The predicted molar refractivity (Wildman–Crippen MR) is 93.1 cm³/mol. The Bertz CT molecular complexity index is 922. The first kappa shape index (κ1) is 13.7. The molecule has 0 saturated carbocycles. The van der Waals surface area contributed by atoms with Crippen LogP contribution in [-0.4, -0.2) is 24.9 Å². The monoisotopic (exact) mass is 338 g/mol. The molecule has 0 bridgehead atoms. The van der Waals surface area contributed by atoms with Crippen molar-refractivity contribution in [2.75, 3.05) is 25.3 Å². The maximum atomic E-state index is 5.63. The third kappa shape index (κ3) is 2.27. The highest BCUT2D eigenvalue weighted by Crippen LogP contribution is 2.38. The van der Waals surface area contributed by atoms with Crippen molar-refractivity contribution in [3.05, 3.63) is 41.8 Å². The number of ether oxygens (including phenoxy) is 3. The van der Waals surface area contributed by atoms with Crippen LogP contribution in [0.1, 0.15) is 0 Å². The first-order chi connectivity index (χ1) is 11.9. The van der Waals surface area contributed by atoms with Crippen LogP contribution in [0.3, 0.4) is 0 Å². The smallest absolute Gasteiger partial charge is 0.231 e. The van der Waals surface area contributed by atoms with Crippen molar-refractivity contribution in [3.8, 4) is 39.1 Å². The van der Waals surface area contributed by atoms with Gasteiger partial charge in [-0.25, -0.2) is 4.98 Å². The Balaban J connectivity index is 1.49. The van der Waals surface area contributed by atoms with Gasteiger partial charge < -0.3 is 19.5 Å². The SMILES string of the molecule is c1cc2c(cc1-c1csc(-c3ccc4c(c3)NCCO4)n1)OCO2. The summed E-state index contributed by atoms with van der Waals surface area (Å²) in [6.07, 6.45) is 0. The van der Waals surface area contributed by atoms with Crippen LogP contribution in [-0.2, 0) is 0 Å². The molecule has 6 heteroatoms. The van der Waals surface area contributed by atoms with Gasteiger partial charge in [0.25, 0.3) is 0 Å². The number of anilines is 1. The zero-order chi connectivity index (χ0) is 15.9. The van der Waals surface area contributed by atoms with Crippen molar-refractivity contribution in [1.29, 1.82) is 0 Å². The molecule has 120 valence electrons. The van der Waals surface area contributed by atoms with E-state index in [-0.39, 0.29) is 6.79 Å². The van der Waals surface area contributed by atoms with Gasteiger partial charge in [0.05, 0.1) is 11.4 Å². The lowest BCUT2D eigenvalue weighted by atomic mass is 10.1. The topological polar surface area (TPSA) is 52.6 Å². The summed E-state index contributed by atoms with van der Waals surface area (Å²) < 4.78 is 16.4. The molecular weight excluding hydrogens is 324 g/mol.